The third-order valence-corrected chi connectivity index (χ3v) is 8.02. The first-order valence-corrected chi connectivity index (χ1v) is 10.9. The van der Waals surface area contributed by atoms with Gasteiger partial charge in [0.05, 0.1) is 4.90 Å². The van der Waals surface area contributed by atoms with Gasteiger partial charge in [-0.05, 0) is 62.1 Å². The zero-order valence-corrected chi connectivity index (χ0v) is 15.3. The molecule has 0 aromatic heterocycles. The number of benzene rings is 1. The van der Waals surface area contributed by atoms with Crippen molar-refractivity contribution in [3.63, 3.8) is 0 Å². The molecule has 2 saturated carbocycles. The maximum absolute atomic E-state index is 12.8. The van der Waals surface area contributed by atoms with Crippen LogP contribution in [0, 0.1) is 17.8 Å². The molecule has 136 valence electrons. The van der Waals surface area contributed by atoms with E-state index in [1.54, 1.807) is 28.6 Å². The fourth-order valence-corrected chi connectivity index (χ4v) is 6.35. The molecule has 1 N–H and O–H groups in total. The highest BCUT2D eigenvalue weighted by atomic mass is 32.2. The van der Waals surface area contributed by atoms with Gasteiger partial charge in [0.25, 0.3) is 0 Å². The summed E-state index contributed by atoms with van der Waals surface area (Å²) in [6.07, 6.45) is 7.51. The smallest absolute Gasteiger partial charge is 0.243 e. The molecule has 2 bridgehead atoms. The van der Waals surface area contributed by atoms with Crippen LogP contribution in [0.25, 0.3) is 0 Å². The van der Waals surface area contributed by atoms with E-state index in [9.17, 15) is 13.2 Å². The second-order valence-electron chi connectivity index (χ2n) is 7.76. The van der Waals surface area contributed by atoms with Crippen molar-refractivity contribution < 1.29 is 13.2 Å². The van der Waals surface area contributed by atoms with Crippen molar-refractivity contribution in [3.05, 3.63) is 24.3 Å². The average Bonchev–Trinajstić information content (AvgIpc) is 3.26. The Morgan fingerprint density at radius 2 is 1.88 bits per heavy atom. The molecule has 0 spiro atoms. The molecule has 1 amide bonds. The standard InChI is InChI=1S/C19H26N2O3S/c22-19(18-12-14-7-8-15(18)11-14)20-16-5-4-6-17(13-16)25(23,24)21-9-2-1-3-10-21/h4-6,13-15,18H,1-3,7-12H2,(H,20,22). The lowest BCUT2D eigenvalue weighted by Gasteiger charge is -2.26. The summed E-state index contributed by atoms with van der Waals surface area (Å²) in [5.41, 5.74) is 0.589. The van der Waals surface area contributed by atoms with Crippen molar-refractivity contribution in [3.8, 4) is 0 Å². The molecular weight excluding hydrogens is 336 g/mol. The molecule has 1 saturated heterocycles. The highest BCUT2D eigenvalue weighted by molar-refractivity contribution is 7.89. The van der Waals surface area contributed by atoms with Crippen LogP contribution in [0.5, 0.6) is 0 Å². The molecular formula is C19H26N2O3S. The molecule has 3 aliphatic rings. The molecule has 1 aromatic carbocycles. The Bertz CT molecular complexity index is 756. The Kier molecular flexibility index (Phi) is 4.58. The monoisotopic (exact) mass is 362 g/mol. The summed E-state index contributed by atoms with van der Waals surface area (Å²) >= 11 is 0. The number of hydrogen-bond donors (Lipinski definition) is 1. The normalized spacial score (nSPS) is 29.7. The van der Waals surface area contributed by atoms with Crippen LogP contribution >= 0.6 is 0 Å². The highest BCUT2D eigenvalue weighted by Gasteiger charge is 2.43. The third-order valence-electron chi connectivity index (χ3n) is 6.13. The molecule has 5 nitrogen and oxygen atoms in total. The average molecular weight is 362 g/mol. The molecule has 3 fully saturated rings. The van der Waals surface area contributed by atoms with Gasteiger partial charge in [-0.2, -0.15) is 4.31 Å². The molecule has 1 aromatic rings. The van der Waals surface area contributed by atoms with Gasteiger partial charge in [0.15, 0.2) is 0 Å². The Morgan fingerprint density at radius 3 is 2.56 bits per heavy atom. The molecule has 4 rings (SSSR count). The summed E-state index contributed by atoms with van der Waals surface area (Å²) in [5, 5.41) is 2.96. The molecule has 1 aliphatic heterocycles. The number of sulfonamides is 1. The molecule has 0 radical (unpaired) electrons. The van der Waals surface area contributed by atoms with Gasteiger partial charge in [0.1, 0.15) is 0 Å². The predicted octanol–water partition coefficient (Wildman–Crippen LogP) is 3.24. The molecule has 6 heteroatoms. The molecule has 2 aliphatic carbocycles. The predicted molar refractivity (Wildman–Crippen MR) is 96.6 cm³/mol. The van der Waals surface area contributed by atoms with Crippen LogP contribution in [0.2, 0.25) is 0 Å². The van der Waals surface area contributed by atoms with E-state index in [0.29, 0.717) is 30.6 Å². The Hall–Kier alpha value is -1.40. The summed E-state index contributed by atoms with van der Waals surface area (Å²) in [7, 11) is -3.47. The quantitative estimate of drug-likeness (QED) is 0.894. The number of nitrogens with zero attached hydrogens (tertiary/aromatic N) is 1. The number of amides is 1. The summed E-state index contributed by atoms with van der Waals surface area (Å²) in [4.78, 5) is 12.9. The van der Waals surface area contributed by atoms with Gasteiger partial charge >= 0.3 is 0 Å². The number of piperidine rings is 1. The van der Waals surface area contributed by atoms with E-state index in [-0.39, 0.29) is 16.7 Å². The fraction of sp³-hybridized carbons (Fsp3) is 0.632. The van der Waals surface area contributed by atoms with Gasteiger partial charge in [-0.25, -0.2) is 8.42 Å². The SMILES string of the molecule is O=C(Nc1cccc(S(=O)(=O)N2CCCCC2)c1)C1CC2CCC1C2. The summed E-state index contributed by atoms with van der Waals surface area (Å²) in [5.74, 6) is 1.39. The van der Waals surface area contributed by atoms with Gasteiger partial charge in [0, 0.05) is 24.7 Å². The minimum atomic E-state index is -3.47. The van der Waals surface area contributed by atoms with Crippen LogP contribution in [0.1, 0.15) is 44.9 Å². The van der Waals surface area contributed by atoms with Crippen LogP contribution in [-0.4, -0.2) is 31.7 Å². The largest absolute Gasteiger partial charge is 0.326 e. The van der Waals surface area contributed by atoms with Gasteiger partial charge in [-0.3, -0.25) is 4.79 Å². The minimum Gasteiger partial charge on any atom is -0.326 e. The van der Waals surface area contributed by atoms with Gasteiger partial charge in [-0.1, -0.05) is 18.9 Å². The van der Waals surface area contributed by atoms with Crippen molar-refractivity contribution in [1.82, 2.24) is 4.31 Å². The Morgan fingerprint density at radius 1 is 1.08 bits per heavy atom. The summed E-state index contributed by atoms with van der Waals surface area (Å²) in [6.45, 7) is 1.17. The van der Waals surface area contributed by atoms with Crippen LogP contribution in [0.3, 0.4) is 0 Å². The van der Waals surface area contributed by atoms with E-state index in [0.717, 1.165) is 32.1 Å². The Labute approximate surface area is 149 Å². The number of hydrogen-bond acceptors (Lipinski definition) is 3. The maximum Gasteiger partial charge on any atom is 0.243 e. The van der Waals surface area contributed by atoms with Crippen LogP contribution in [0.4, 0.5) is 5.69 Å². The zero-order valence-electron chi connectivity index (χ0n) is 14.5. The number of anilines is 1. The number of carbonyl (C=O) groups excluding carboxylic acids is 1. The highest BCUT2D eigenvalue weighted by Crippen LogP contribution is 2.48. The van der Waals surface area contributed by atoms with E-state index in [4.69, 9.17) is 0 Å². The van der Waals surface area contributed by atoms with E-state index in [2.05, 4.69) is 5.32 Å². The second kappa shape index (κ2) is 6.72. The van der Waals surface area contributed by atoms with Gasteiger partial charge in [-0.15, -0.1) is 0 Å². The lowest BCUT2D eigenvalue weighted by atomic mass is 9.88. The number of carbonyl (C=O) groups is 1. The lowest BCUT2D eigenvalue weighted by Crippen LogP contribution is -2.35. The van der Waals surface area contributed by atoms with Crippen LogP contribution in [-0.2, 0) is 14.8 Å². The number of rotatable bonds is 4. The topological polar surface area (TPSA) is 66.5 Å². The van der Waals surface area contributed by atoms with Crippen molar-refractivity contribution in [2.75, 3.05) is 18.4 Å². The fourth-order valence-electron chi connectivity index (χ4n) is 4.79. The molecule has 1 heterocycles. The summed E-state index contributed by atoms with van der Waals surface area (Å²) in [6, 6.07) is 6.72. The molecule has 25 heavy (non-hydrogen) atoms. The first kappa shape index (κ1) is 17.0. The molecule has 3 atom stereocenters. The first-order valence-electron chi connectivity index (χ1n) is 9.45. The van der Waals surface area contributed by atoms with E-state index in [1.807, 2.05) is 0 Å². The van der Waals surface area contributed by atoms with Gasteiger partial charge in [0.2, 0.25) is 15.9 Å². The van der Waals surface area contributed by atoms with E-state index < -0.39 is 10.0 Å². The first-order chi connectivity index (χ1) is 12.0. The van der Waals surface area contributed by atoms with Crippen molar-refractivity contribution in [2.24, 2.45) is 17.8 Å². The van der Waals surface area contributed by atoms with Crippen molar-refractivity contribution in [2.45, 2.75) is 49.8 Å². The van der Waals surface area contributed by atoms with Crippen LogP contribution in [0.15, 0.2) is 29.2 Å². The van der Waals surface area contributed by atoms with E-state index >= 15 is 0 Å². The number of nitrogens with one attached hydrogen (secondary N) is 1. The lowest BCUT2D eigenvalue weighted by molar-refractivity contribution is -0.121. The summed E-state index contributed by atoms with van der Waals surface area (Å²) < 4.78 is 27.2. The zero-order chi connectivity index (χ0) is 17.4. The minimum absolute atomic E-state index is 0.0553. The van der Waals surface area contributed by atoms with Gasteiger partial charge < -0.3 is 5.32 Å². The maximum atomic E-state index is 12.8. The van der Waals surface area contributed by atoms with Crippen molar-refractivity contribution >= 4 is 21.6 Å². The van der Waals surface area contributed by atoms with Crippen molar-refractivity contribution in [1.29, 1.82) is 0 Å². The Balaban J connectivity index is 1.48. The molecule has 3 unspecified atom stereocenters. The second-order valence-corrected chi connectivity index (χ2v) is 9.70. The number of fused-ring (bicyclic) bond motifs is 2. The van der Waals surface area contributed by atoms with Crippen LogP contribution < -0.4 is 5.32 Å². The third kappa shape index (κ3) is 3.34. The van der Waals surface area contributed by atoms with E-state index in [1.165, 1.54) is 12.8 Å².